The van der Waals surface area contributed by atoms with Crippen molar-refractivity contribution in [3.8, 4) is 17.5 Å². The van der Waals surface area contributed by atoms with Crippen LogP contribution in [0.25, 0.3) is 17.0 Å². The summed E-state index contributed by atoms with van der Waals surface area (Å²) in [5.41, 5.74) is 0.446. The van der Waals surface area contributed by atoms with Gasteiger partial charge in [0.25, 0.3) is 0 Å². The Balaban J connectivity index is 2.07. The van der Waals surface area contributed by atoms with Crippen molar-refractivity contribution in [3.63, 3.8) is 0 Å². The van der Waals surface area contributed by atoms with Gasteiger partial charge < -0.3 is 0 Å². The van der Waals surface area contributed by atoms with Crippen LogP contribution in [0.1, 0.15) is 11.1 Å². The summed E-state index contributed by atoms with van der Waals surface area (Å²) in [5, 5.41) is 13.1. The van der Waals surface area contributed by atoms with E-state index >= 15 is 0 Å². The average Bonchev–Trinajstić information content (AvgIpc) is 2.90. The number of alkyl halides is 3. The number of benzene rings is 1. The van der Waals surface area contributed by atoms with Gasteiger partial charge in [0.05, 0.1) is 11.1 Å². The number of nitriles is 1. The first-order valence-corrected chi connectivity index (χ1v) is 5.92. The highest BCUT2D eigenvalue weighted by molar-refractivity contribution is 5.62. The van der Waals surface area contributed by atoms with Gasteiger partial charge in [0.1, 0.15) is 6.07 Å². The maximum Gasteiger partial charge on any atom is 0.416 e. The van der Waals surface area contributed by atoms with Crippen LogP contribution in [0.15, 0.2) is 42.6 Å². The molecule has 0 aliphatic rings. The van der Waals surface area contributed by atoms with Gasteiger partial charge in [-0.15, -0.1) is 5.10 Å². The molecule has 3 aromatic rings. The zero-order valence-electron chi connectivity index (χ0n) is 10.5. The zero-order valence-corrected chi connectivity index (χ0v) is 10.5. The van der Waals surface area contributed by atoms with Gasteiger partial charge in [-0.3, -0.25) is 0 Å². The molecule has 3 rings (SSSR count). The molecular formula is C14H7F3N4. The van der Waals surface area contributed by atoms with Crippen LogP contribution < -0.4 is 0 Å². The molecule has 0 spiro atoms. The Bertz CT molecular complexity index is 841. The number of aromatic nitrogens is 3. The van der Waals surface area contributed by atoms with Crippen LogP contribution in [0.5, 0.6) is 0 Å². The maximum atomic E-state index is 12.5. The minimum Gasteiger partial charge on any atom is -0.219 e. The summed E-state index contributed by atoms with van der Waals surface area (Å²) >= 11 is 0. The highest BCUT2D eigenvalue weighted by Crippen LogP contribution is 2.30. The van der Waals surface area contributed by atoms with Gasteiger partial charge in [0.15, 0.2) is 11.5 Å². The van der Waals surface area contributed by atoms with Gasteiger partial charge in [-0.25, -0.2) is 9.50 Å². The number of rotatable bonds is 1. The van der Waals surface area contributed by atoms with Crippen molar-refractivity contribution in [3.05, 3.63) is 53.7 Å². The Hall–Kier alpha value is -2.88. The van der Waals surface area contributed by atoms with Gasteiger partial charge in [0.2, 0.25) is 0 Å². The highest BCUT2D eigenvalue weighted by atomic mass is 19.4. The van der Waals surface area contributed by atoms with Gasteiger partial charge in [-0.05, 0) is 24.3 Å². The fourth-order valence-electron chi connectivity index (χ4n) is 1.92. The van der Waals surface area contributed by atoms with E-state index in [-0.39, 0.29) is 5.82 Å². The van der Waals surface area contributed by atoms with E-state index in [9.17, 15) is 13.2 Å². The molecule has 21 heavy (non-hydrogen) atoms. The molecule has 0 saturated heterocycles. The standard InChI is InChI=1S/C14H7F3N4/c15-14(16,17)11-5-3-9(4-6-11)12-19-13-10(8-18)2-1-7-21(13)20-12/h1-7H. The molecule has 0 aliphatic carbocycles. The molecule has 0 saturated carbocycles. The number of pyridine rings is 1. The van der Waals surface area contributed by atoms with Gasteiger partial charge >= 0.3 is 6.18 Å². The van der Waals surface area contributed by atoms with Crippen LogP contribution in [0.2, 0.25) is 0 Å². The monoisotopic (exact) mass is 288 g/mol. The van der Waals surface area contributed by atoms with Crippen molar-refractivity contribution in [2.24, 2.45) is 0 Å². The Morgan fingerprint density at radius 3 is 2.43 bits per heavy atom. The molecule has 104 valence electrons. The average molecular weight is 288 g/mol. The molecule has 0 radical (unpaired) electrons. The molecule has 0 N–H and O–H groups in total. The first-order chi connectivity index (χ1) is 9.99. The third-order valence-corrected chi connectivity index (χ3v) is 2.95. The molecule has 0 fully saturated rings. The number of halogens is 3. The molecule has 2 aromatic heterocycles. The van der Waals surface area contributed by atoms with Crippen molar-refractivity contribution in [1.29, 1.82) is 5.26 Å². The topological polar surface area (TPSA) is 54.0 Å². The lowest BCUT2D eigenvalue weighted by molar-refractivity contribution is -0.137. The lowest BCUT2D eigenvalue weighted by atomic mass is 10.1. The molecule has 0 atom stereocenters. The molecule has 0 amide bonds. The molecule has 1 aromatic carbocycles. The second-order valence-electron chi connectivity index (χ2n) is 4.31. The van der Waals surface area contributed by atoms with Gasteiger partial charge in [-0.1, -0.05) is 12.1 Å². The van der Waals surface area contributed by atoms with Crippen molar-refractivity contribution < 1.29 is 13.2 Å². The fourth-order valence-corrected chi connectivity index (χ4v) is 1.92. The predicted octanol–water partition coefficient (Wildman–Crippen LogP) is 3.29. The van der Waals surface area contributed by atoms with E-state index in [1.54, 1.807) is 18.3 Å². The fraction of sp³-hybridized carbons (Fsp3) is 0.0714. The second-order valence-corrected chi connectivity index (χ2v) is 4.31. The van der Waals surface area contributed by atoms with E-state index in [0.717, 1.165) is 12.1 Å². The molecule has 0 aliphatic heterocycles. The van der Waals surface area contributed by atoms with Crippen molar-refractivity contribution in [2.75, 3.05) is 0 Å². The van der Waals surface area contributed by atoms with Crippen LogP contribution in [0, 0.1) is 11.3 Å². The minimum absolute atomic E-state index is 0.270. The van der Waals surface area contributed by atoms with Crippen LogP contribution in [-0.4, -0.2) is 14.6 Å². The molecular weight excluding hydrogens is 281 g/mol. The first-order valence-electron chi connectivity index (χ1n) is 5.92. The first kappa shape index (κ1) is 13.1. The molecule has 0 bridgehead atoms. The Kier molecular flexibility index (Phi) is 2.87. The molecule has 4 nitrogen and oxygen atoms in total. The van der Waals surface area contributed by atoms with E-state index < -0.39 is 11.7 Å². The van der Waals surface area contributed by atoms with Crippen molar-refractivity contribution in [1.82, 2.24) is 14.6 Å². The molecule has 2 heterocycles. The van der Waals surface area contributed by atoms with Gasteiger partial charge in [-0.2, -0.15) is 18.4 Å². The van der Waals surface area contributed by atoms with E-state index in [1.807, 2.05) is 6.07 Å². The van der Waals surface area contributed by atoms with Crippen LogP contribution in [0.4, 0.5) is 13.2 Å². The largest absolute Gasteiger partial charge is 0.416 e. The van der Waals surface area contributed by atoms with Crippen molar-refractivity contribution >= 4 is 5.65 Å². The van der Waals surface area contributed by atoms with E-state index in [2.05, 4.69) is 10.1 Å². The Morgan fingerprint density at radius 1 is 1.10 bits per heavy atom. The summed E-state index contributed by atoms with van der Waals surface area (Å²) in [6, 6.07) is 9.81. The van der Waals surface area contributed by atoms with Crippen molar-refractivity contribution in [2.45, 2.75) is 6.18 Å². The third-order valence-electron chi connectivity index (χ3n) is 2.95. The summed E-state index contributed by atoms with van der Waals surface area (Å²) in [5.74, 6) is 0.270. The minimum atomic E-state index is -4.38. The van der Waals surface area contributed by atoms with Crippen LogP contribution in [0.3, 0.4) is 0 Å². The van der Waals surface area contributed by atoms with Gasteiger partial charge in [0, 0.05) is 11.8 Å². The maximum absolute atomic E-state index is 12.5. The molecule has 0 unspecified atom stereocenters. The predicted molar refractivity (Wildman–Crippen MR) is 68.1 cm³/mol. The lowest BCUT2D eigenvalue weighted by Gasteiger charge is -2.05. The summed E-state index contributed by atoms with van der Waals surface area (Å²) in [4.78, 5) is 4.19. The normalized spacial score (nSPS) is 11.5. The van der Waals surface area contributed by atoms with E-state index in [0.29, 0.717) is 16.8 Å². The summed E-state index contributed by atoms with van der Waals surface area (Å²) in [6.45, 7) is 0. The quantitative estimate of drug-likeness (QED) is 0.690. The van der Waals surface area contributed by atoms with Crippen LogP contribution in [-0.2, 0) is 6.18 Å². The Labute approximate surface area is 117 Å². The second kappa shape index (κ2) is 4.59. The van der Waals surface area contributed by atoms with E-state index in [4.69, 9.17) is 5.26 Å². The smallest absolute Gasteiger partial charge is 0.219 e. The summed E-state index contributed by atoms with van der Waals surface area (Å²) < 4.78 is 39.0. The zero-order chi connectivity index (χ0) is 15.0. The Morgan fingerprint density at radius 2 is 1.81 bits per heavy atom. The number of hydrogen-bond acceptors (Lipinski definition) is 3. The lowest BCUT2D eigenvalue weighted by Crippen LogP contribution is -2.04. The van der Waals surface area contributed by atoms with Crippen LogP contribution >= 0.6 is 0 Å². The molecule has 7 heteroatoms. The third kappa shape index (κ3) is 2.31. The summed E-state index contributed by atoms with van der Waals surface area (Å²) in [7, 11) is 0. The summed E-state index contributed by atoms with van der Waals surface area (Å²) in [6.07, 6.45) is -2.75. The highest BCUT2D eigenvalue weighted by Gasteiger charge is 2.30. The number of nitrogens with zero attached hydrogens (tertiary/aromatic N) is 4. The SMILES string of the molecule is N#Cc1cccn2nc(-c3ccc(C(F)(F)F)cc3)nc12. The number of fused-ring (bicyclic) bond motifs is 1. The number of hydrogen-bond donors (Lipinski definition) is 0. The van der Waals surface area contributed by atoms with E-state index in [1.165, 1.54) is 16.6 Å².